The Morgan fingerprint density at radius 3 is 2.60 bits per heavy atom. The molecule has 0 unspecified atom stereocenters. The summed E-state index contributed by atoms with van der Waals surface area (Å²) in [4.78, 5) is 18.7. The summed E-state index contributed by atoms with van der Waals surface area (Å²) in [6, 6.07) is 18.3. The van der Waals surface area contributed by atoms with Crippen LogP contribution in [0.15, 0.2) is 73.3 Å². The van der Waals surface area contributed by atoms with Crippen LogP contribution >= 0.6 is 0 Å². The van der Waals surface area contributed by atoms with E-state index in [-0.39, 0.29) is 5.91 Å². The number of aromatic nitrogens is 2. The Balaban J connectivity index is 1.85. The van der Waals surface area contributed by atoms with Gasteiger partial charge in [0.1, 0.15) is 0 Å². The number of imidazole rings is 1. The van der Waals surface area contributed by atoms with Crippen molar-refractivity contribution < 1.29 is 4.79 Å². The van der Waals surface area contributed by atoms with Gasteiger partial charge in [0.15, 0.2) is 0 Å². The lowest BCUT2D eigenvalue weighted by Crippen LogP contribution is -2.30. The second-order valence-electron chi connectivity index (χ2n) is 6.12. The predicted molar refractivity (Wildman–Crippen MR) is 100 cm³/mol. The van der Waals surface area contributed by atoms with E-state index in [2.05, 4.69) is 29.2 Å². The van der Waals surface area contributed by atoms with Gasteiger partial charge in [-0.1, -0.05) is 49.4 Å². The molecule has 3 rings (SSSR count). The Labute approximate surface area is 148 Å². The fourth-order valence-electron chi connectivity index (χ4n) is 2.85. The number of nitrogens with zero attached hydrogens (tertiary/aromatic N) is 3. The van der Waals surface area contributed by atoms with E-state index in [0.29, 0.717) is 13.0 Å². The van der Waals surface area contributed by atoms with Crippen LogP contribution in [0.5, 0.6) is 0 Å². The van der Waals surface area contributed by atoms with Crippen molar-refractivity contribution in [2.45, 2.75) is 32.9 Å². The minimum absolute atomic E-state index is 0.158. The smallest absolute Gasteiger partial charge is 0.227 e. The molecule has 0 radical (unpaired) electrons. The zero-order chi connectivity index (χ0) is 17.5. The molecule has 0 aliphatic heterocycles. The van der Waals surface area contributed by atoms with Gasteiger partial charge in [0.2, 0.25) is 5.91 Å². The lowest BCUT2D eigenvalue weighted by atomic mass is 10.1. The molecule has 1 aromatic heterocycles. The zero-order valence-corrected chi connectivity index (χ0v) is 14.5. The van der Waals surface area contributed by atoms with Crippen LogP contribution in [0, 0.1) is 0 Å². The van der Waals surface area contributed by atoms with Crippen LogP contribution in [0.3, 0.4) is 0 Å². The van der Waals surface area contributed by atoms with E-state index in [0.717, 1.165) is 29.8 Å². The molecule has 0 saturated carbocycles. The van der Waals surface area contributed by atoms with E-state index in [1.165, 1.54) is 0 Å². The number of carbonyl (C=O) groups excluding carboxylic acids is 1. The molecule has 0 atom stereocenters. The molecular formula is C21H23N3O. The normalized spacial score (nSPS) is 10.6. The monoisotopic (exact) mass is 333 g/mol. The van der Waals surface area contributed by atoms with Crippen molar-refractivity contribution in [2.75, 3.05) is 4.90 Å². The topological polar surface area (TPSA) is 38.1 Å². The number of hydrogen-bond acceptors (Lipinski definition) is 2. The largest absolute Gasteiger partial charge is 0.333 e. The lowest BCUT2D eigenvalue weighted by molar-refractivity contribution is -0.118. The number of rotatable bonds is 7. The molecule has 0 aliphatic rings. The Kier molecular flexibility index (Phi) is 5.62. The van der Waals surface area contributed by atoms with E-state index >= 15 is 0 Å². The Hall–Kier alpha value is -2.88. The highest BCUT2D eigenvalue weighted by Gasteiger charge is 2.15. The van der Waals surface area contributed by atoms with Gasteiger partial charge in [0.25, 0.3) is 0 Å². The highest BCUT2D eigenvalue weighted by Crippen LogP contribution is 2.21. The summed E-state index contributed by atoms with van der Waals surface area (Å²) in [5, 5.41) is 0. The third-order valence-electron chi connectivity index (χ3n) is 4.10. The average molecular weight is 333 g/mol. The molecule has 0 saturated heterocycles. The lowest BCUT2D eigenvalue weighted by Gasteiger charge is -2.23. The van der Waals surface area contributed by atoms with Gasteiger partial charge >= 0.3 is 0 Å². The molecule has 0 fully saturated rings. The predicted octanol–water partition coefficient (Wildman–Crippen LogP) is 4.26. The zero-order valence-electron chi connectivity index (χ0n) is 14.5. The molecular weight excluding hydrogens is 310 g/mol. The Morgan fingerprint density at radius 1 is 1.08 bits per heavy atom. The molecule has 3 aromatic rings. The summed E-state index contributed by atoms with van der Waals surface area (Å²) < 4.78 is 2.02. The van der Waals surface area contributed by atoms with Crippen LogP contribution in [0.4, 0.5) is 5.69 Å². The second-order valence-corrected chi connectivity index (χ2v) is 6.12. The highest BCUT2D eigenvalue weighted by atomic mass is 16.2. The van der Waals surface area contributed by atoms with Crippen molar-refractivity contribution in [2.24, 2.45) is 0 Å². The SMILES string of the molecule is CCCC(=O)N(Cc1ccccc1)c1cccc(Cn2ccnc2)c1. The summed E-state index contributed by atoms with van der Waals surface area (Å²) in [6.07, 6.45) is 6.92. The van der Waals surface area contributed by atoms with Gasteiger partial charge in [0, 0.05) is 31.0 Å². The van der Waals surface area contributed by atoms with Crippen molar-refractivity contribution in [1.82, 2.24) is 9.55 Å². The van der Waals surface area contributed by atoms with E-state index in [4.69, 9.17) is 0 Å². The molecule has 0 aliphatic carbocycles. The van der Waals surface area contributed by atoms with Gasteiger partial charge in [0.05, 0.1) is 12.9 Å². The minimum atomic E-state index is 0.158. The summed E-state index contributed by atoms with van der Waals surface area (Å²) in [5.74, 6) is 0.158. The Morgan fingerprint density at radius 2 is 1.88 bits per heavy atom. The van der Waals surface area contributed by atoms with Gasteiger partial charge in [-0.2, -0.15) is 0 Å². The fraction of sp³-hybridized carbons (Fsp3) is 0.238. The number of benzene rings is 2. The molecule has 4 nitrogen and oxygen atoms in total. The van der Waals surface area contributed by atoms with E-state index in [1.54, 1.807) is 12.5 Å². The van der Waals surface area contributed by atoms with Crippen LogP contribution in [0.25, 0.3) is 0 Å². The first-order valence-corrected chi connectivity index (χ1v) is 8.65. The van der Waals surface area contributed by atoms with Crippen molar-refractivity contribution in [3.05, 3.63) is 84.4 Å². The van der Waals surface area contributed by atoms with E-state index in [1.807, 2.05) is 52.9 Å². The Bertz CT molecular complexity index is 797. The third-order valence-corrected chi connectivity index (χ3v) is 4.10. The number of amides is 1. The maximum atomic E-state index is 12.7. The van der Waals surface area contributed by atoms with Crippen LogP contribution in [0.1, 0.15) is 30.9 Å². The number of hydrogen-bond donors (Lipinski definition) is 0. The van der Waals surface area contributed by atoms with Gasteiger partial charge in [-0.25, -0.2) is 4.98 Å². The van der Waals surface area contributed by atoms with Crippen LogP contribution in [0.2, 0.25) is 0 Å². The summed E-state index contributed by atoms with van der Waals surface area (Å²) >= 11 is 0. The van der Waals surface area contributed by atoms with Crippen molar-refractivity contribution in [1.29, 1.82) is 0 Å². The maximum absolute atomic E-state index is 12.7. The molecule has 4 heteroatoms. The van der Waals surface area contributed by atoms with Gasteiger partial charge < -0.3 is 9.47 Å². The van der Waals surface area contributed by atoms with Crippen molar-refractivity contribution in [3.63, 3.8) is 0 Å². The molecule has 2 aromatic carbocycles. The summed E-state index contributed by atoms with van der Waals surface area (Å²) in [6.45, 7) is 3.37. The van der Waals surface area contributed by atoms with Gasteiger partial charge in [-0.15, -0.1) is 0 Å². The molecule has 25 heavy (non-hydrogen) atoms. The molecule has 0 N–H and O–H groups in total. The fourth-order valence-corrected chi connectivity index (χ4v) is 2.85. The second kappa shape index (κ2) is 8.29. The quantitative estimate of drug-likeness (QED) is 0.648. The van der Waals surface area contributed by atoms with Crippen molar-refractivity contribution in [3.8, 4) is 0 Å². The first-order valence-electron chi connectivity index (χ1n) is 8.65. The molecule has 1 heterocycles. The molecule has 0 bridgehead atoms. The number of anilines is 1. The first kappa shape index (κ1) is 17.0. The molecule has 0 spiro atoms. The maximum Gasteiger partial charge on any atom is 0.227 e. The minimum Gasteiger partial charge on any atom is -0.333 e. The molecule has 128 valence electrons. The standard InChI is InChI=1S/C21H23N3O/c1-2-7-21(25)24(16-18-8-4-3-5-9-18)20-11-6-10-19(14-20)15-23-13-12-22-17-23/h3-6,8-14,17H,2,7,15-16H2,1H3. The van der Waals surface area contributed by atoms with Gasteiger partial charge in [-0.3, -0.25) is 4.79 Å². The average Bonchev–Trinajstić information content (AvgIpc) is 3.14. The first-order chi connectivity index (χ1) is 12.3. The number of carbonyl (C=O) groups is 1. The third kappa shape index (κ3) is 4.57. The summed E-state index contributed by atoms with van der Waals surface area (Å²) in [5.41, 5.74) is 3.23. The van der Waals surface area contributed by atoms with Crippen LogP contribution in [-0.2, 0) is 17.9 Å². The van der Waals surface area contributed by atoms with Crippen LogP contribution in [-0.4, -0.2) is 15.5 Å². The summed E-state index contributed by atoms with van der Waals surface area (Å²) in [7, 11) is 0. The van der Waals surface area contributed by atoms with E-state index < -0.39 is 0 Å². The van der Waals surface area contributed by atoms with Crippen LogP contribution < -0.4 is 4.90 Å². The van der Waals surface area contributed by atoms with Crippen molar-refractivity contribution >= 4 is 11.6 Å². The molecule has 1 amide bonds. The highest BCUT2D eigenvalue weighted by molar-refractivity contribution is 5.93. The van der Waals surface area contributed by atoms with E-state index in [9.17, 15) is 4.79 Å². The van der Waals surface area contributed by atoms with Gasteiger partial charge in [-0.05, 0) is 29.7 Å².